The summed E-state index contributed by atoms with van der Waals surface area (Å²) in [7, 11) is 1.78. The predicted octanol–water partition coefficient (Wildman–Crippen LogP) is 4.88. The van der Waals surface area contributed by atoms with Gasteiger partial charge < -0.3 is 0 Å². The molecule has 0 spiro atoms. The Hall–Kier alpha value is 0.860. The van der Waals surface area contributed by atoms with Crippen LogP contribution in [0.2, 0.25) is 0 Å². The molecule has 14 heavy (non-hydrogen) atoms. The van der Waals surface area contributed by atoms with E-state index in [2.05, 4.69) is 13.8 Å². The Labute approximate surface area is 94.5 Å². The Morgan fingerprint density at radius 1 is 0.786 bits per heavy atom. The maximum atomic E-state index is 2.32. The van der Waals surface area contributed by atoms with Gasteiger partial charge in [0.2, 0.25) is 0 Å². The van der Waals surface area contributed by atoms with Crippen LogP contribution in [0, 0.1) is 0 Å². The molecular formula is C12H30P2. The van der Waals surface area contributed by atoms with Gasteiger partial charge in [0.25, 0.3) is 0 Å². The second-order valence-electron chi connectivity index (χ2n) is 4.22. The molecule has 0 aliphatic carbocycles. The van der Waals surface area contributed by atoms with Crippen LogP contribution in [0.15, 0.2) is 0 Å². The van der Waals surface area contributed by atoms with Gasteiger partial charge in [-0.3, -0.25) is 0 Å². The molecule has 0 fully saturated rings. The third kappa shape index (κ3) is 12.9. The van der Waals surface area contributed by atoms with Crippen molar-refractivity contribution >= 4 is 16.5 Å². The molecule has 0 aliphatic heterocycles. The second kappa shape index (κ2) is 13.9. The summed E-state index contributed by atoms with van der Waals surface area (Å²) in [5.74, 6) is 0. The second-order valence-corrected chi connectivity index (χ2v) is 9.43. The van der Waals surface area contributed by atoms with Gasteiger partial charge >= 0.3 is 94.1 Å². The Morgan fingerprint density at radius 3 is 2.07 bits per heavy atom. The van der Waals surface area contributed by atoms with Crippen molar-refractivity contribution in [2.45, 2.75) is 65.2 Å². The Bertz CT molecular complexity index is 82.3. The van der Waals surface area contributed by atoms with E-state index < -0.39 is 0 Å². The first-order valence-corrected chi connectivity index (χ1v) is 11.2. The van der Waals surface area contributed by atoms with E-state index in [1.54, 1.807) is 12.3 Å². The number of unbranched alkanes of at least 4 members (excludes halogenated alkanes) is 6. The van der Waals surface area contributed by atoms with E-state index in [0.29, 0.717) is 8.27 Å². The molecule has 0 heterocycles. The summed E-state index contributed by atoms with van der Waals surface area (Å²) < 4.78 is 0. The molecule has 0 saturated carbocycles. The number of hydrogen-bond donors (Lipinski definition) is 0. The van der Waals surface area contributed by atoms with Gasteiger partial charge in [0, 0.05) is 0 Å². The zero-order valence-electron chi connectivity index (χ0n) is 10.3. The van der Waals surface area contributed by atoms with Crippen LogP contribution in [0.4, 0.5) is 0 Å². The van der Waals surface area contributed by atoms with Crippen LogP contribution in [0.1, 0.15) is 65.2 Å². The standard InChI is InChI=1S/C12H30P2/c1-3-5-6-7-8-9-10-12-14-13-11-4-2/h14H,3-12H2,1-2,13H3. The summed E-state index contributed by atoms with van der Waals surface area (Å²) >= 11 is 0. The molecule has 0 saturated heterocycles. The number of hydrogen-bond acceptors (Lipinski definition) is 0. The molecule has 88 valence electrons. The van der Waals surface area contributed by atoms with Gasteiger partial charge in [0.05, 0.1) is 0 Å². The Kier molecular flexibility index (Phi) is 14.7. The van der Waals surface area contributed by atoms with Crippen LogP contribution in [-0.2, 0) is 0 Å². The molecule has 2 heteroatoms. The Morgan fingerprint density at radius 2 is 1.43 bits per heavy atom. The number of rotatable bonds is 11. The molecule has 0 N–H and O–H groups in total. The molecule has 0 amide bonds. The van der Waals surface area contributed by atoms with Crippen LogP contribution in [0.3, 0.4) is 0 Å². The fourth-order valence-electron chi connectivity index (χ4n) is 1.63. The minimum absolute atomic E-state index is 0.391. The molecule has 1 unspecified atom stereocenters. The van der Waals surface area contributed by atoms with Crippen LogP contribution in [-0.4, -0.2) is 12.3 Å². The van der Waals surface area contributed by atoms with E-state index in [-0.39, 0.29) is 0 Å². The fraction of sp³-hybridized carbons (Fsp3) is 1.00. The molecule has 0 aromatic rings. The van der Waals surface area contributed by atoms with Gasteiger partial charge in [-0.25, -0.2) is 0 Å². The summed E-state index contributed by atoms with van der Waals surface area (Å²) in [5, 5.41) is 0. The van der Waals surface area contributed by atoms with E-state index in [1.165, 1.54) is 59.6 Å². The van der Waals surface area contributed by atoms with Crippen molar-refractivity contribution < 1.29 is 0 Å². The summed E-state index contributed by atoms with van der Waals surface area (Å²) in [5.41, 5.74) is 0. The van der Waals surface area contributed by atoms with Crippen LogP contribution < -0.4 is 0 Å². The SMILES string of the molecule is CCCCCCCCCP[PH3]CCC. The van der Waals surface area contributed by atoms with Crippen LogP contribution in [0.5, 0.6) is 0 Å². The summed E-state index contributed by atoms with van der Waals surface area (Å²) in [6.07, 6.45) is 14.9. The van der Waals surface area contributed by atoms with E-state index in [4.69, 9.17) is 0 Å². The quantitative estimate of drug-likeness (QED) is 0.354. The van der Waals surface area contributed by atoms with E-state index in [9.17, 15) is 0 Å². The van der Waals surface area contributed by atoms with Crippen molar-refractivity contribution in [2.24, 2.45) is 0 Å². The van der Waals surface area contributed by atoms with Gasteiger partial charge in [0.1, 0.15) is 0 Å². The van der Waals surface area contributed by atoms with Gasteiger partial charge in [0.15, 0.2) is 0 Å². The fourth-order valence-corrected chi connectivity index (χ4v) is 6.30. The van der Waals surface area contributed by atoms with E-state index in [0.717, 1.165) is 0 Å². The Balaban J connectivity index is 2.78. The van der Waals surface area contributed by atoms with Crippen LogP contribution >= 0.6 is 16.5 Å². The van der Waals surface area contributed by atoms with E-state index >= 15 is 0 Å². The zero-order valence-corrected chi connectivity index (χ0v) is 12.7. The van der Waals surface area contributed by atoms with Gasteiger partial charge in [-0.2, -0.15) is 0 Å². The van der Waals surface area contributed by atoms with Gasteiger partial charge in [-0.05, 0) is 0 Å². The molecule has 1 atom stereocenters. The first-order chi connectivity index (χ1) is 6.91. The summed E-state index contributed by atoms with van der Waals surface area (Å²) in [6, 6.07) is 0. The normalized spacial score (nSPS) is 11.9. The molecule has 0 rings (SSSR count). The summed E-state index contributed by atoms with van der Waals surface area (Å²) in [6.45, 7) is 4.62. The van der Waals surface area contributed by atoms with Crippen molar-refractivity contribution in [3.8, 4) is 0 Å². The average Bonchev–Trinajstić information content (AvgIpc) is 2.21. The van der Waals surface area contributed by atoms with Crippen LogP contribution in [0.25, 0.3) is 0 Å². The summed E-state index contributed by atoms with van der Waals surface area (Å²) in [4.78, 5) is 0. The minimum atomic E-state index is 0.391. The molecule has 0 aromatic heterocycles. The molecule has 0 bridgehead atoms. The predicted molar refractivity (Wildman–Crippen MR) is 77.4 cm³/mol. The van der Waals surface area contributed by atoms with Crippen molar-refractivity contribution in [1.29, 1.82) is 0 Å². The van der Waals surface area contributed by atoms with Gasteiger partial charge in [-0.1, -0.05) is 0 Å². The molecule has 0 nitrogen and oxygen atoms in total. The van der Waals surface area contributed by atoms with Crippen molar-refractivity contribution in [1.82, 2.24) is 0 Å². The first kappa shape index (κ1) is 14.9. The molecule has 0 aromatic carbocycles. The van der Waals surface area contributed by atoms with Gasteiger partial charge in [-0.15, -0.1) is 0 Å². The third-order valence-corrected chi connectivity index (χ3v) is 7.97. The molecule has 0 radical (unpaired) electrons. The van der Waals surface area contributed by atoms with Crippen molar-refractivity contribution in [3.05, 3.63) is 0 Å². The van der Waals surface area contributed by atoms with E-state index in [1.807, 2.05) is 0 Å². The zero-order chi connectivity index (χ0) is 10.5. The maximum absolute atomic E-state index is 2.32. The van der Waals surface area contributed by atoms with Crippen molar-refractivity contribution in [3.63, 3.8) is 0 Å². The first-order valence-electron chi connectivity index (χ1n) is 6.62. The molecular weight excluding hydrogens is 206 g/mol. The monoisotopic (exact) mass is 236 g/mol. The van der Waals surface area contributed by atoms with Crippen molar-refractivity contribution in [2.75, 3.05) is 12.3 Å². The topological polar surface area (TPSA) is 0 Å². The third-order valence-electron chi connectivity index (χ3n) is 2.66. The molecule has 0 aliphatic rings. The average molecular weight is 236 g/mol.